The average molecular weight is 425 g/mol. The van der Waals surface area contributed by atoms with Gasteiger partial charge in [-0.3, -0.25) is 0 Å². The van der Waals surface area contributed by atoms with Gasteiger partial charge in [0.2, 0.25) is 0 Å². The monoisotopic (exact) mass is 426 g/mol. The zero-order chi connectivity index (χ0) is 16.2. The summed E-state index contributed by atoms with van der Waals surface area (Å²) in [7, 11) is 1.56. The molecule has 0 spiro atoms. The number of methoxy groups -OCH3 is 1. The third-order valence-corrected chi connectivity index (χ3v) is 14.9. The second-order valence-electron chi connectivity index (χ2n) is 6.23. The van der Waals surface area contributed by atoms with Crippen LogP contribution in [0.2, 0.25) is 8.87 Å². The molecule has 0 saturated carbocycles. The summed E-state index contributed by atoms with van der Waals surface area (Å²) in [6.45, 7) is 4.08. The zero-order valence-electron chi connectivity index (χ0n) is 13.9. The minimum atomic E-state index is -3.20. The summed E-state index contributed by atoms with van der Waals surface area (Å²) in [5.74, 6) is 0. The summed E-state index contributed by atoms with van der Waals surface area (Å²) >= 11 is -3.20. The molecule has 2 aliphatic heterocycles. The Morgan fingerprint density at radius 1 is 1.05 bits per heavy atom. The Bertz CT molecular complexity index is 334. The summed E-state index contributed by atoms with van der Waals surface area (Å²) in [6.07, 6.45) is 1.50. The van der Waals surface area contributed by atoms with Crippen molar-refractivity contribution in [3.8, 4) is 0 Å². The summed E-state index contributed by atoms with van der Waals surface area (Å²) in [4.78, 5) is 0. The molecular weight excluding hydrogens is 395 g/mol. The van der Waals surface area contributed by atoms with E-state index in [0.29, 0.717) is 0 Å². The van der Waals surface area contributed by atoms with Crippen LogP contribution in [0.15, 0.2) is 0 Å². The molecule has 7 heteroatoms. The predicted molar refractivity (Wildman–Crippen MR) is 83.7 cm³/mol. The maximum atomic E-state index is 10.4. The molecule has 2 heterocycles. The Hall–Kier alpha value is 0.559. The van der Waals surface area contributed by atoms with E-state index in [4.69, 9.17) is 15.6 Å². The van der Waals surface area contributed by atoms with Crippen LogP contribution in [-0.4, -0.2) is 73.8 Å². The second-order valence-corrected chi connectivity index (χ2v) is 15.6. The number of hydrogen-bond acceptors (Lipinski definition) is 6. The molecule has 2 saturated heterocycles. The van der Waals surface area contributed by atoms with Gasteiger partial charge in [-0.1, -0.05) is 0 Å². The van der Waals surface area contributed by atoms with E-state index in [1.807, 2.05) is 0 Å². The fraction of sp³-hybridized carbons (Fsp3) is 1.00. The van der Waals surface area contributed by atoms with E-state index in [9.17, 15) is 10.2 Å². The van der Waals surface area contributed by atoms with Crippen molar-refractivity contribution in [1.29, 1.82) is 0 Å². The van der Waals surface area contributed by atoms with Crippen LogP contribution < -0.4 is 0 Å². The molecule has 22 heavy (non-hydrogen) atoms. The van der Waals surface area contributed by atoms with Crippen LogP contribution in [0.25, 0.3) is 0 Å². The Kier molecular flexibility index (Phi) is 7.38. The van der Waals surface area contributed by atoms with Crippen molar-refractivity contribution < 1.29 is 25.8 Å². The van der Waals surface area contributed by atoms with Crippen molar-refractivity contribution in [2.24, 2.45) is 0 Å². The van der Waals surface area contributed by atoms with Crippen molar-refractivity contribution in [3.63, 3.8) is 0 Å². The molecule has 2 rings (SSSR count). The molecule has 0 aromatic heterocycles. The number of aliphatic hydroxyl groups is 2. The molecule has 0 unspecified atom stereocenters. The van der Waals surface area contributed by atoms with Crippen LogP contribution in [-0.2, 0) is 15.6 Å². The van der Waals surface area contributed by atoms with E-state index >= 15 is 0 Å². The van der Waals surface area contributed by atoms with Gasteiger partial charge < -0.3 is 0 Å². The van der Waals surface area contributed by atoms with Gasteiger partial charge in [0.15, 0.2) is 0 Å². The van der Waals surface area contributed by atoms with Crippen LogP contribution >= 0.6 is 0 Å². The Morgan fingerprint density at radius 2 is 1.64 bits per heavy atom. The molecule has 130 valence electrons. The van der Waals surface area contributed by atoms with Crippen LogP contribution in [0.3, 0.4) is 0 Å². The van der Waals surface area contributed by atoms with Crippen molar-refractivity contribution in [1.82, 2.24) is 0 Å². The molecule has 6 nitrogen and oxygen atoms in total. The summed E-state index contributed by atoms with van der Waals surface area (Å²) < 4.78 is 25.8. The van der Waals surface area contributed by atoms with Crippen molar-refractivity contribution in [3.05, 3.63) is 0 Å². The van der Waals surface area contributed by atoms with Gasteiger partial charge in [0.05, 0.1) is 0 Å². The number of hydrogen-bond donors (Lipinski definition) is 2. The Labute approximate surface area is 138 Å². The van der Waals surface area contributed by atoms with Gasteiger partial charge >= 0.3 is 138 Å². The zero-order valence-corrected chi connectivity index (χ0v) is 16.7. The van der Waals surface area contributed by atoms with Gasteiger partial charge in [0, 0.05) is 0 Å². The van der Waals surface area contributed by atoms with E-state index in [0.717, 1.165) is 34.6 Å². The number of aliphatic hydroxyl groups excluding tert-OH is 2. The van der Waals surface area contributed by atoms with Crippen LogP contribution in [0.5, 0.6) is 0 Å². The number of fused-ring (bicyclic) bond motifs is 1. The summed E-state index contributed by atoms with van der Waals surface area (Å²) in [5, 5.41) is 19.8. The topological polar surface area (TPSA) is 77.4 Å². The normalized spacial score (nSPS) is 37.2. The number of ether oxygens (including phenoxy) is 2. The first-order chi connectivity index (χ1) is 10.6. The number of rotatable bonds is 8. The maximum absolute atomic E-state index is 10.4. The van der Waals surface area contributed by atoms with Crippen LogP contribution in [0.4, 0.5) is 0 Å². The quantitative estimate of drug-likeness (QED) is 0.575. The Balaban J connectivity index is 2.16. The fourth-order valence-corrected chi connectivity index (χ4v) is 14.9. The van der Waals surface area contributed by atoms with E-state index in [1.54, 1.807) is 7.11 Å². The van der Waals surface area contributed by atoms with Crippen molar-refractivity contribution >= 4 is 19.2 Å². The van der Waals surface area contributed by atoms with E-state index in [1.165, 1.54) is 0 Å². The first-order valence-corrected chi connectivity index (χ1v) is 14.8. The fourth-order valence-electron chi connectivity index (χ4n) is 3.27. The predicted octanol–water partition coefficient (Wildman–Crippen LogP) is 1.54. The van der Waals surface area contributed by atoms with Gasteiger partial charge in [-0.2, -0.15) is 0 Å². The third kappa shape index (κ3) is 3.96. The molecule has 0 radical (unpaired) electrons. The first kappa shape index (κ1) is 18.9. The van der Waals surface area contributed by atoms with E-state index in [2.05, 4.69) is 13.8 Å². The SMILES string of the molecule is CCC[CH2][Sn]1([CH2]CCC)[O][C@@H]2[C@@H](OC)O[C@H](CO)[C@@H](O)[C@@H]2[O]1. The van der Waals surface area contributed by atoms with Gasteiger partial charge in [-0.15, -0.1) is 0 Å². The van der Waals surface area contributed by atoms with Gasteiger partial charge in [-0.25, -0.2) is 0 Å². The molecule has 0 bridgehead atoms. The average Bonchev–Trinajstić information content (AvgIpc) is 2.92. The molecule has 5 atom stereocenters. The molecular formula is C15H30O6Sn. The van der Waals surface area contributed by atoms with Gasteiger partial charge in [0.25, 0.3) is 0 Å². The standard InChI is InChI=1S/C7H12O6.2C4H9.Sn/c1-12-7-6(11)5(10)4(9)3(2-8)13-7;2*1-3-4-2;/h3-9H,2H2,1H3;2*1,3-4H2,2H3;/q-2;;;+2/t3-,4-,5+,6+,7+;;;/m1.../s1. The summed E-state index contributed by atoms with van der Waals surface area (Å²) in [5.41, 5.74) is 0. The van der Waals surface area contributed by atoms with Crippen molar-refractivity contribution in [2.75, 3.05) is 13.7 Å². The summed E-state index contributed by atoms with van der Waals surface area (Å²) in [6, 6.07) is 0. The molecule has 2 aliphatic rings. The van der Waals surface area contributed by atoms with Crippen molar-refractivity contribution in [2.45, 2.75) is 79.1 Å². The molecule has 0 aliphatic carbocycles. The van der Waals surface area contributed by atoms with E-state index in [-0.39, 0.29) is 12.7 Å². The Morgan fingerprint density at radius 3 is 2.14 bits per heavy atom. The van der Waals surface area contributed by atoms with Gasteiger partial charge in [0.1, 0.15) is 0 Å². The first-order valence-electron chi connectivity index (χ1n) is 8.43. The molecule has 2 fully saturated rings. The van der Waals surface area contributed by atoms with Crippen LogP contribution in [0, 0.1) is 0 Å². The molecule has 0 amide bonds. The molecule has 2 N–H and O–H groups in total. The number of unbranched alkanes of at least 4 members (excludes halogenated alkanes) is 2. The second kappa shape index (κ2) is 8.60. The van der Waals surface area contributed by atoms with Gasteiger partial charge in [-0.05, 0) is 0 Å². The molecule has 0 aromatic carbocycles. The van der Waals surface area contributed by atoms with E-state index < -0.39 is 43.8 Å². The van der Waals surface area contributed by atoms with Crippen LogP contribution in [0.1, 0.15) is 39.5 Å². The minimum absolute atomic E-state index is 0.250. The third-order valence-electron chi connectivity index (χ3n) is 4.55. The molecule has 0 aromatic rings.